The molecule has 3 heterocycles. The van der Waals surface area contributed by atoms with Crippen LogP contribution in [0.5, 0.6) is 0 Å². The maximum Gasteiger partial charge on any atom is 0.243 e. The fourth-order valence-electron chi connectivity index (χ4n) is 7.72. The van der Waals surface area contributed by atoms with E-state index in [1.54, 1.807) is 5.48 Å². The van der Waals surface area contributed by atoms with Gasteiger partial charge in [0.25, 0.3) is 0 Å². The molecule has 10 heteroatoms. The fourth-order valence-corrected chi connectivity index (χ4v) is 7.72. The van der Waals surface area contributed by atoms with E-state index in [0.29, 0.717) is 31.8 Å². The van der Waals surface area contributed by atoms with Crippen LogP contribution in [0.3, 0.4) is 0 Å². The first-order chi connectivity index (χ1) is 25.0. The Balaban J connectivity index is 1.11. The molecule has 3 aromatic rings. The number of rotatable bonds is 16. The van der Waals surface area contributed by atoms with Gasteiger partial charge in [-0.25, -0.2) is 5.48 Å². The van der Waals surface area contributed by atoms with Gasteiger partial charge in [-0.2, -0.15) is 0 Å². The second-order valence-corrected chi connectivity index (χ2v) is 14.3. The average Bonchev–Trinajstić information content (AvgIpc) is 3.86. The molecule has 2 amide bonds. The molecular weight excluding hydrogens is 644 g/mol. The smallest absolute Gasteiger partial charge is 0.243 e. The Morgan fingerprint density at radius 3 is 2.27 bits per heavy atom. The zero-order valence-electron chi connectivity index (χ0n) is 29.7. The Morgan fingerprint density at radius 1 is 0.765 bits per heavy atom. The van der Waals surface area contributed by atoms with Gasteiger partial charge >= 0.3 is 0 Å². The molecule has 3 fully saturated rings. The molecule has 0 bridgehead atoms. The predicted octanol–water partition coefficient (Wildman–Crippen LogP) is 6.02. The summed E-state index contributed by atoms with van der Waals surface area (Å²) in [5, 5.41) is 21.2. The predicted molar refractivity (Wildman–Crippen MR) is 195 cm³/mol. The van der Waals surface area contributed by atoms with Crippen LogP contribution in [0, 0.1) is 0 Å². The Hall–Kier alpha value is -3.64. The first-order valence-electron chi connectivity index (χ1n) is 18.8. The van der Waals surface area contributed by atoms with E-state index < -0.39 is 12.2 Å². The van der Waals surface area contributed by atoms with Gasteiger partial charge in [0.05, 0.1) is 18.8 Å². The topological polar surface area (TPSA) is 124 Å². The van der Waals surface area contributed by atoms with Crippen LogP contribution in [0.4, 0.5) is 0 Å². The van der Waals surface area contributed by atoms with Gasteiger partial charge in [-0.15, -0.1) is 0 Å². The molecule has 3 aromatic carbocycles. The van der Waals surface area contributed by atoms with E-state index in [2.05, 4.69) is 63.6 Å². The third-order valence-electron chi connectivity index (χ3n) is 10.6. The van der Waals surface area contributed by atoms with Crippen LogP contribution in [0.1, 0.15) is 98.9 Å². The van der Waals surface area contributed by atoms with Gasteiger partial charge < -0.3 is 24.8 Å². The van der Waals surface area contributed by atoms with Crippen molar-refractivity contribution in [2.24, 2.45) is 0 Å². The Morgan fingerprint density at radius 2 is 1.51 bits per heavy atom. The number of carbonyl (C=O) groups is 2. The van der Waals surface area contributed by atoms with Crippen LogP contribution in [-0.2, 0) is 32.2 Å². The summed E-state index contributed by atoms with van der Waals surface area (Å²) < 4.78 is 13.5. The summed E-state index contributed by atoms with van der Waals surface area (Å²) in [5.41, 5.74) is 7.70. The average molecular weight is 699 g/mol. The van der Waals surface area contributed by atoms with E-state index in [9.17, 15) is 14.7 Å². The highest BCUT2D eigenvalue weighted by Crippen LogP contribution is 2.39. The van der Waals surface area contributed by atoms with Gasteiger partial charge in [0.2, 0.25) is 11.8 Å². The minimum Gasteiger partial charge on any atom is -0.392 e. The summed E-state index contributed by atoms with van der Waals surface area (Å²) in [4.78, 5) is 28.9. The van der Waals surface area contributed by atoms with E-state index in [1.165, 1.54) is 38.8 Å². The van der Waals surface area contributed by atoms with Gasteiger partial charge in [-0.3, -0.25) is 19.7 Å². The molecular formula is C41H54N4O6. The third kappa shape index (κ3) is 10.7. The van der Waals surface area contributed by atoms with Gasteiger partial charge in [0, 0.05) is 50.5 Å². The van der Waals surface area contributed by atoms with E-state index in [0.717, 1.165) is 65.9 Å². The highest BCUT2D eigenvalue weighted by atomic mass is 16.7. The van der Waals surface area contributed by atoms with Gasteiger partial charge in [0.1, 0.15) is 0 Å². The molecule has 3 aliphatic rings. The standard InChI is InChI=1S/C41H54N4O6/c46-29-30-16-18-32(19-17-30)38-25-37(28-45-22-8-13-36(45)27-44-20-4-5-21-44)50-41(51-38)35-12-7-11-34(24-35)33-10-6-9-31(23-33)26-42-39(47)14-2-1-3-15-40(48)43-49/h6-7,9-12,16-19,23-24,36-38,41,46,49H,1-5,8,13-15,20-22,25-29H2,(H,42,47)(H,43,48)/t36-,37+,38-,41-/m0/s1. The number of aliphatic hydroxyl groups is 1. The number of benzene rings is 3. The van der Waals surface area contributed by atoms with E-state index in [-0.39, 0.29) is 31.1 Å². The molecule has 0 saturated carbocycles. The second kappa shape index (κ2) is 18.7. The first-order valence-corrected chi connectivity index (χ1v) is 18.8. The molecule has 6 rings (SSSR count). The Labute approximate surface area is 302 Å². The van der Waals surface area contributed by atoms with Crippen LogP contribution in [0.2, 0.25) is 0 Å². The van der Waals surface area contributed by atoms with Crippen molar-refractivity contribution in [1.82, 2.24) is 20.6 Å². The lowest BCUT2D eigenvalue weighted by molar-refractivity contribution is -0.253. The number of likely N-dealkylation sites (tertiary alicyclic amines) is 2. The molecule has 3 saturated heterocycles. The number of unbranched alkanes of at least 4 members (excludes halogenated alkanes) is 2. The maximum atomic E-state index is 12.5. The van der Waals surface area contributed by atoms with Gasteiger partial charge in [-0.1, -0.05) is 67.1 Å². The van der Waals surface area contributed by atoms with Crippen molar-refractivity contribution in [2.45, 2.75) is 102 Å². The molecule has 3 aliphatic heterocycles. The summed E-state index contributed by atoms with van der Waals surface area (Å²) in [5.74, 6) is -0.423. The summed E-state index contributed by atoms with van der Waals surface area (Å²) in [6.07, 6.45) is 7.96. The monoisotopic (exact) mass is 698 g/mol. The Bertz CT molecular complexity index is 1560. The number of carbonyl (C=O) groups excluding carboxylic acids is 2. The molecule has 0 unspecified atom stereocenters. The zero-order chi connectivity index (χ0) is 35.4. The molecule has 10 nitrogen and oxygen atoms in total. The number of aliphatic hydroxyl groups excluding tert-OH is 1. The first kappa shape index (κ1) is 37.1. The van der Waals surface area contributed by atoms with Crippen LogP contribution < -0.4 is 10.8 Å². The number of hydrogen-bond acceptors (Lipinski definition) is 8. The van der Waals surface area contributed by atoms with Gasteiger partial charge in [-0.05, 0) is 98.1 Å². The highest BCUT2D eigenvalue weighted by molar-refractivity contribution is 5.76. The second-order valence-electron chi connectivity index (χ2n) is 14.3. The Kier molecular flexibility index (Phi) is 13.6. The SMILES string of the molecule is O=C(CCCCCC(=O)NCc1cccc(-c2cccc([C@H]3O[C@@H](CN4CCC[C@H]4CN4CCCC4)C[C@@H](c4ccc(CO)cc4)O3)c2)c1)NO. The normalized spacial score (nSPS) is 22.6. The maximum absolute atomic E-state index is 12.5. The van der Waals surface area contributed by atoms with E-state index in [1.807, 2.05) is 24.3 Å². The number of hydroxylamine groups is 1. The van der Waals surface area contributed by atoms with Crippen molar-refractivity contribution in [2.75, 3.05) is 32.7 Å². The minimum absolute atomic E-state index is 0.0149. The van der Waals surface area contributed by atoms with Crippen molar-refractivity contribution in [3.8, 4) is 11.1 Å². The van der Waals surface area contributed by atoms with Crippen LogP contribution in [0.25, 0.3) is 11.1 Å². The lowest BCUT2D eigenvalue weighted by Crippen LogP contribution is -2.45. The molecule has 0 spiro atoms. The lowest BCUT2D eigenvalue weighted by Gasteiger charge is -2.39. The highest BCUT2D eigenvalue weighted by Gasteiger charge is 2.36. The van der Waals surface area contributed by atoms with Crippen molar-refractivity contribution < 1.29 is 29.4 Å². The molecule has 4 atom stereocenters. The quantitative estimate of drug-likeness (QED) is 0.0814. The van der Waals surface area contributed by atoms with Crippen molar-refractivity contribution in [3.05, 3.63) is 95.1 Å². The van der Waals surface area contributed by atoms with Crippen molar-refractivity contribution >= 4 is 11.8 Å². The summed E-state index contributed by atoms with van der Waals surface area (Å²) in [6, 6.07) is 25.3. The van der Waals surface area contributed by atoms with Gasteiger partial charge in [0.15, 0.2) is 6.29 Å². The van der Waals surface area contributed by atoms with Crippen LogP contribution >= 0.6 is 0 Å². The zero-order valence-corrected chi connectivity index (χ0v) is 29.7. The van der Waals surface area contributed by atoms with E-state index in [4.69, 9.17) is 14.7 Å². The number of nitrogens with one attached hydrogen (secondary N) is 2. The van der Waals surface area contributed by atoms with Crippen LogP contribution in [-0.4, -0.2) is 76.8 Å². The van der Waals surface area contributed by atoms with Crippen LogP contribution in [0.15, 0.2) is 72.8 Å². The summed E-state index contributed by atoms with van der Waals surface area (Å²) >= 11 is 0. The van der Waals surface area contributed by atoms with E-state index >= 15 is 0 Å². The molecule has 0 aliphatic carbocycles. The third-order valence-corrected chi connectivity index (χ3v) is 10.6. The summed E-state index contributed by atoms with van der Waals surface area (Å²) in [7, 11) is 0. The molecule has 0 aromatic heterocycles. The largest absolute Gasteiger partial charge is 0.392 e. The number of hydrogen-bond donors (Lipinski definition) is 4. The number of amides is 2. The fraction of sp³-hybridized carbons (Fsp3) is 0.512. The lowest BCUT2D eigenvalue weighted by atomic mass is 9.98. The molecule has 274 valence electrons. The van der Waals surface area contributed by atoms with Crippen molar-refractivity contribution in [1.29, 1.82) is 0 Å². The van der Waals surface area contributed by atoms with Crippen molar-refractivity contribution in [3.63, 3.8) is 0 Å². The summed E-state index contributed by atoms with van der Waals surface area (Å²) in [6.45, 7) is 6.03. The number of ether oxygens (including phenoxy) is 2. The number of nitrogens with zero attached hydrogens (tertiary/aromatic N) is 2. The molecule has 0 radical (unpaired) electrons. The molecule has 4 N–H and O–H groups in total. The molecule has 51 heavy (non-hydrogen) atoms. The minimum atomic E-state index is -0.522.